The molecule has 0 bridgehead atoms. The predicted octanol–water partition coefficient (Wildman–Crippen LogP) is 3.77. The quantitative estimate of drug-likeness (QED) is 0.792. The second-order valence-corrected chi connectivity index (χ2v) is 8.93. The van der Waals surface area contributed by atoms with Crippen LogP contribution in [0.15, 0.2) is 24.3 Å². The maximum Gasteiger partial charge on any atom is 0.251 e. The van der Waals surface area contributed by atoms with Gasteiger partial charge < -0.3 is 10.2 Å². The highest BCUT2D eigenvalue weighted by atomic mass is 32.2. The number of thioether (sulfide) groups is 2. The standard InChI is InChI=1S/C18H26N2OS2/c21-17(19-9-4-12-20-10-2-1-3-11-20)15-5-7-16(8-6-15)18-22-13-14-23-18/h5-8,18H,1-4,9-14H2,(H,19,21). The molecule has 2 heterocycles. The molecule has 0 aromatic heterocycles. The van der Waals surface area contributed by atoms with E-state index in [4.69, 9.17) is 0 Å². The second-order valence-electron chi connectivity index (χ2n) is 6.21. The van der Waals surface area contributed by atoms with Crippen LogP contribution in [0.1, 0.15) is 46.2 Å². The minimum atomic E-state index is 0.0573. The highest BCUT2D eigenvalue weighted by Crippen LogP contribution is 2.45. The number of amides is 1. The topological polar surface area (TPSA) is 32.3 Å². The van der Waals surface area contributed by atoms with Gasteiger partial charge in [-0.3, -0.25) is 4.79 Å². The molecule has 1 aromatic rings. The van der Waals surface area contributed by atoms with Crippen molar-refractivity contribution < 1.29 is 4.79 Å². The van der Waals surface area contributed by atoms with Crippen molar-refractivity contribution in [3.05, 3.63) is 35.4 Å². The maximum absolute atomic E-state index is 12.2. The third kappa shape index (κ3) is 5.16. The molecule has 0 aliphatic carbocycles. The molecule has 23 heavy (non-hydrogen) atoms. The summed E-state index contributed by atoms with van der Waals surface area (Å²) >= 11 is 4.00. The van der Waals surface area contributed by atoms with E-state index >= 15 is 0 Å². The van der Waals surface area contributed by atoms with Crippen molar-refractivity contribution >= 4 is 29.4 Å². The van der Waals surface area contributed by atoms with Crippen LogP contribution in [0.4, 0.5) is 0 Å². The first-order valence-corrected chi connectivity index (χ1v) is 10.8. The minimum absolute atomic E-state index is 0.0573. The summed E-state index contributed by atoms with van der Waals surface area (Å²) in [6.07, 6.45) is 5.08. The number of hydrogen-bond acceptors (Lipinski definition) is 4. The molecule has 0 unspecified atom stereocenters. The molecule has 1 amide bonds. The van der Waals surface area contributed by atoms with Gasteiger partial charge in [-0.2, -0.15) is 0 Å². The van der Waals surface area contributed by atoms with Gasteiger partial charge in [0, 0.05) is 23.6 Å². The van der Waals surface area contributed by atoms with Crippen molar-refractivity contribution in [3.8, 4) is 0 Å². The molecular weight excluding hydrogens is 324 g/mol. The van der Waals surface area contributed by atoms with Gasteiger partial charge in [-0.25, -0.2) is 0 Å². The molecule has 0 radical (unpaired) electrons. The van der Waals surface area contributed by atoms with Gasteiger partial charge in [-0.15, -0.1) is 23.5 Å². The van der Waals surface area contributed by atoms with E-state index in [9.17, 15) is 4.79 Å². The number of likely N-dealkylation sites (tertiary alicyclic amines) is 1. The number of carbonyl (C=O) groups is 1. The van der Waals surface area contributed by atoms with Gasteiger partial charge in [-0.1, -0.05) is 18.6 Å². The Morgan fingerprint density at radius 1 is 1.09 bits per heavy atom. The summed E-state index contributed by atoms with van der Waals surface area (Å²) in [6, 6.07) is 8.15. The molecule has 1 aromatic carbocycles. The summed E-state index contributed by atoms with van der Waals surface area (Å²) in [5.74, 6) is 2.52. The van der Waals surface area contributed by atoms with Crippen LogP contribution >= 0.6 is 23.5 Å². The van der Waals surface area contributed by atoms with E-state index in [2.05, 4.69) is 22.3 Å². The zero-order valence-electron chi connectivity index (χ0n) is 13.6. The van der Waals surface area contributed by atoms with E-state index < -0.39 is 0 Å². The zero-order valence-corrected chi connectivity index (χ0v) is 15.3. The number of benzene rings is 1. The monoisotopic (exact) mass is 350 g/mol. The van der Waals surface area contributed by atoms with Crippen LogP contribution in [-0.2, 0) is 0 Å². The lowest BCUT2D eigenvalue weighted by atomic mass is 10.1. The Hall–Kier alpha value is -0.650. The van der Waals surface area contributed by atoms with Crippen LogP contribution in [-0.4, -0.2) is 48.5 Å². The molecule has 0 spiro atoms. The predicted molar refractivity (Wildman–Crippen MR) is 101 cm³/mol. The van der Waals surface area contributed by atoms with Crippen molar-refractivity contribution in [2.75, 3.05) is 37.7 Å². The molecule has 3 nitrogen and oxygen atoms in total. The first-order valence-electron chi connectivity index (χ1n) is 8.67. The summed E-state index contributed by atoms with van der Waals surface area (Å²) < 4.78 is 0.552. The molecular formula is C18H26N2OS2. The summed E-state index contributed by atoms with van der Waals surface area (Å²) in [5.41, 5.74) is 2.11. The molecule has 2 saturated heterocycles. The van der Waals surface area contributed by atoms with Crippen molar-refractivity contribution in [2.24, 2.45) is 0 Å². The van der Waals surface area contributed by atoms with Gasteiger partial charge in [0.1, 0.15) is 0 Å². The Morgan fingerprint density at radius 3 is 2.48 bits per heavy atom. The van der Waals surface area contributed by atoms with Crippen LogP contribution in [0, 0.1) is 0 Å². The van der Waals surface area contributed by atoms with E-state index in [1.165, 1.54) is 49.4 Å². The van der Waals surface area contributed by atoms with E-state index in [-0.39, 0.29) is 5.91 Å². The van der Waals surface area contributed by atoms with Gasteiger partial charge >= 0.3 is 0 Å². The van der Waals surface area contributed by atoms with Crippen molar-refractivity contribution in [1.82, 2.24) is 10.2 Å². The third-order valence-electron chi connectivity index (χ3n) is 4.45. The van der Waals surface area contributed by atoms with Gasteiger partial charge in [0.2, 0.25) is 0 Å². The number of rotatable bonds is 6. The fraction of sp³-hybridized carbons (Fsp3) is 0.611. The molecule has 0 atom stereocenters. The van der Waals surface area contributed by atoms with Gasteiger partial charge in [0.15, 0.2) is 0 Å². The van der Waals surface area contributed by atoms with Crippen molar-refractivity contribution in [1.29, 1.82) is 0 Å². The summed E-state index contributed by atoms with van der Waals surface area (Å²) in [7, 11) is 0. The van der Waals surface area contributed by atoms with Crippen LogP contribution < -0.4 is 5.32 Å². The number of hydrogen-bond donors (Lipinski definition) is 1. The van der Waals surface area contributed by atoms with Crippen LogP contribution in [0.5, 0.6) is 0 Å². The van der Waals surface area contributed by atoms with Gasteiger partial charge in [0.25, 0.3) is 5.91 Å². The van der Waals surface area contributed by atoms with Gasteiger partial charge in [0.05, 0.1) is 4.58 Å². The Bertz CT molecular complexity index is 494. The normalized spacial score (nSPS) is 19.8. The van der Waals surface area contributed by atoms with Crippen LogP contribution in [0.25, 0.3) is 0 Å². The Kier molecular flexibility index (Phi) is 6.72. The number of nitrogens with one attached hydrogen (secondary N) is 1. The smallest absolute Gasteiger partial charge is 0.251 e. The Morgan fingerprint density at radius 2 is 1.78 bits per heavy atom. The largest absolute Gasteiger partial charge is 0.352 e. The molecule has 2 aliphatic rings. The van der Waals surface area contributed by atoms with E-state index in [1.54, 1.807) is 0 Å². The lowest BCUT2D eigenvalue weighted by Crippen LogP contribution is -2.33. The molecule has 2 fully saturated rings. The Labute approximate surface area is 148 Å². The zero-order chi connectivity index (χ0) is 15.9. The van der Waals surface area contributed by atoms with E-state index in [0.29, 0.717) is 4.58 Å². The molecule has 2 aliphatic heterocycles. The molecule has 5 heteroatoms. The number of piperidine rings is 1. The highest BCUT2D eigenvalue weighted by molar-refractivity contribution is 8.19. The SMILES string of the molecule is O=C(NCCCN1CCCCC1)c1ccc(C2SCCS2)cc1. The number of nitrogens with zero attached hydrogens (tertiary/aromatic N) is 1. The molecule has 3 rings (SSSR count). The number of carbonyl (C=O) groups excluding carboxylic acids is 1. The van der Waals surface area contributed by atoms with Crippen molar-refractivity contribution in [3.63, 3.8) is 0 Å². The van der Waals surface area contributed by atoms with E-state index in [0.717, 1.165) is 25.1 Å². The van der Waals surface area contributed by atoms with E-state index in [1.807, 2.05) is 35.7 Å². The average Bonchev–Trinajstić information content (AvgIpc) is 3.14. The second kappa shape index (κ2) is 9.00. The first kappa shape index (κ1) is 17.2. The van der Waals surface area contributed by atoms with Crippen molar-refractivity contribution in [2.45, 2.75) is 30.3 Å². The summed E-state index contributed by atoms with van der Waals surface area (Å²) in [4.78, 5) is 14.7. The van der Waals surface area contributed by atoms with Crippen LogP contribution in [0.2, 0.25) is 0 Å². The molecule has 1 N–H and O–H groups in total. The minimum Gasteiger partial charge on any atom is -0.352 e. The average molecular weight is 351 g/mol. The summed E-state index contributed by atoms with van der Waals surface area (Å²) in [6.45, 7) is 4.33. The summed E-state index contributed by atoms with van der Waals surface area (Å²) in [5, 5.41) is 3.05. The van der Waals surface area contributed by atoms with Gasteiger partial charge in [-0.05, 0) is 56.6 Å². The fourth-order valence-electron chi connectivity index (χ4n) is 3.13. The third-order valence-corrected chi connectivity index (χ3v) is 7.56. The lowest BCUT2D eigenvalue weighted by molar-refractivity contribution is 0.0951. The maximum atomic E-state index is 12.2. The lowest BCUT2D eigenvalue weighted by Gasteiger charge is -2.26. The molecule has 0 saturated carbocycles. The first-order chi connectivity index (χ1) is 11.3. The highest BCUT2D eigenvalue weighted by Gasteiger charge is 2.18. The van der Waals surface area contributed by atoms with Crippen LogP contribution in [0.3, 0.4) is 0 Å². The Balaban J connectivity index is 1.39. The fourth-order valence-corrected chi connectivity index (χ4v) is 5.99. The molecule has 126 valence electrons.